The van der Waals surface area contributed by atoms with Gasteiger partial charge in [-0.2, -0.15) is 0 Å². The average Bonchev–Trinajstić information content (AvgIpc) is 2.67. The van der Waals surface area contributed by atoms with Crippen molar-refractivity contribution in [2.45, 2.75) is 18.7 Å². The van der Waals surface area contributed by atoms with Gasteiger partial charge in [0, 0.05) is 11.9 Å². The SMILES string of the molecule is CCOC(=O)c1ccc(NC(=O)CNc2cccc(S(C)(=O)=O)c2OCC)cc1. The summed E-state index contributed by atoms with van der Waals surface area (Å²) < 4.78 is 34.3. The van der Waals surface area contributed by atoms with E-state index in [1.807, 2.05) is 0 Å². The molecule has 1 amide bonds. The minimum absolute atomic E-state index is 0.0549. The summed E-state index contributed by atoms with van der Waals surface area (Å²) in [6, 6.07) is 11.0. The van der Waals surface area contributed by atoms with Crippen LogP contribution in [0.15, 0.2) is 47.4 Å². The lowest BCUT2D eigenvalue weighted by atomic mass is 10.2. The summed E-state index contributed by atoms with van der Waals surface area (Å²) >= 11 is 0. The molecule has 2 aromatic rings. The molecule has 0 aromatic heterocycles. The molecule has 0 aliphatic rings. The Morgan fingerprint density at radius 2 is 1.69 bits per heavy atom. The number of hydrogen-bond donors (Lipinski definition) is 2. The third-order valence-corrected chi connectivity index (χ3v) is 4.91. The molecule has 0 aliphatic carbocycles. The topological polar surface area (TPSA) is 111 Å². The first-order valence-electron chi connectivity index (χ1n) is 9.03. The third-order valence-electron chi connectivity index (χ3n) is 3.79. The highest BCUT2D eigenvalue weighted by molar-refractivity contribution is 7.90. The predicted molar refractivity (Wildman–Crippen MR) is 110 cm³/mol. The second-order valence-electron chi connectivity index (χ2n) is 6.04. The Hall–Kier alpha value is -3.07. The maximum Gasteiger partial charge on any atom is 0.338 e. The summed E-state index contributed by atoms with van der Waals surface area (Å²) in [7, 11) is -3.48. The van der Waals surface area contributed by atoms with Gasteiger partial charge in [0.25, 0.3) is 0 Å². The molecule has 0 fully saturated rings. The summed E-state index contributed by atoms with van der Waals surface area (Å²) in [5.41, 5.74) is 1.31. The smallest absolute Gasteiger partial charge is 0.338 e. The van der Waals surface area contributed by atoms with Crippen LogP contribution in [0.2, 0.25) is 0 Å². The van der Waals surface area contributed by atoms with Crippen LogP contribution in [0.3, 0.4) is 0 Å². The maximum absolute atomic E-state index is 12.2. The van der Waals surface area contributed by atoms with Crippen LogP contribution in [0.25, 0.3) is 0 Å². The number of amides is 1. The number of carbonyl (C=O) groups excluding carboxylic acids is 2. The summed E-state index contributed by atoms with van der Waals surface area (Å²) in [6.45, 7) is 3.93. The van der Waals surface area contributed by atoms with Gasteiger partial charge in [0.05, 0.1) is 31.0 Å². The molecule has 0 bridgehead atoms. The van der Waals surface area contributed by atoms with Crippen molar-refractivity contribution in [3.63, 3.8) is 0 Å². The van der Waals surface area contributed by atoms with Crippen LogP contribution in [0.4, 0.5) is 11.4 Å². The van der Waals surface area contributed by atoms with Gasteiger partial charge in [0.15, 0.2) is 15.6 Å². The van der Waals surface area contributed by atoms with E-state index in [2.05, 4.69) is 10.6 Å². The van der Waals surface area contributed by atoms with E-state index in [9.17, 15) is 18.0 Å². The minimum atomic E-state index is -3.48. The second kappa shape index (κ2) is 9.92. The van der Waals surface area contributed by atoms with Crippen molar-refractivity contribution in [2.75, 3.05) is 36.6 Å². The molecule has 156 valence electrons. The Morgan fingerprint density at radius 3 is 2.28 bits per heavy atom. The molecule has 0 radical (unpaired) electrons. The fourth-order valence-electron chi connectivity index (χ4n) is 2.52. The Morgan fingerprint density at radius 1 is 1.00 bits per heavy atom. The van der Waals surface area contributed by atoms with E-state index in [0.29, 0.717) is 16.9 Å². The van der Waals surface area contributed by atoms with Gasteiger partial charge in [-0.05, 0) is 50.2 Å². The van der Waals surface area contributed by atoms with Gasteiger partial charge in [-0.25, -0.2) is 13.2 Å². The van der Waals surface area contributed by atoms with E-state index < -0.39 is 15.8 Å². The highest BCUT2D eigenvalue weighted by Crippen LogP contribution is 2.32. The van der Waals surface area contributed by atoms with E-state index >= 15 is 0 Å². The molecule has 8 nitrogen and oxygen atoms in total. The first-order valence-corrected chi connectivity index (χ1v) is 10.9. The van der Waals surface area contributed by atoms with E-state index in [4.69, 9.17) is 9.47 Å². The number of ether oxygens (including phenoxy) is 2. The molecule has 2 rings (SSSR count). The van der Waals surface area contributed by atoms with Crippen molar-refractivity contribution >= 4 is 33.1 Å². The Kier molecular flexibility index (Phi) is 7.60. The number of benzene rings is 2. The fraction of sp³-hybridized carbons (Fsp3) is 0.300. The zero-order valence-electron chi connectivity index (χ0n) is 16.5. The summed E-state index contributed by atoms with van der Waals surface area (Å²) in [5, 5.41) is 5.60. The Labute approximate surface area is 170 Å². The van der Waals surface area contributed by atoms with Crippen LogP contribution >= 0.6 is 0 Å². The molecule has 2 aromatic carbocycles. The van der Waals surface area contributed by atoms with Gasteiger partial charge in [-0.15, -0.1) is 0 Å². The van der Waals surface area contributed by atoms with Crippen molar-refractivity contribution < 1.29 is 27.5 Å². The summed E-state index contributed by atoms with van der Waals surface area (Å²) in [4.78, 5) is 23.9. The highest BCUT2D eigenvalue weighted by atomic mass is 32.2. The van der Waals surface area contributed by atoms with Gasteiger partial charge in [0.1, 0.15) is 4.90 Å². The lowest BCUT2D eigenvalue weighted by Crippen LogP contribution is -2.22. The fourth-order valence-corrected chi connectivity index (χ4v) is 3.36. The van der Waals surface area contributed by atoms with E-state index in [1.54, 1.807) is 50.2 Å². The standard InChI is InChI=1S/C20H24N2O6S/c1-4-27-19-16(7-6-8-17(19)29(3,25)26)21-13-18(23)22-15-11-9-14(10-12-15)20(24)28-5-2/h6-12,21H,4-5,13H2,1-3H3,(H,22,23). The molecule has 0 atom stereocenters. The molecule has 0 saturated carbocycles. The first kappa shape index (κ1) is 22.2. The van der Waals surface area contributed by atoms with Crippen LogP contribution in [-0.2, 0) is 19.4 Å². The number of para-hydroxylation sites is 1. The van der Waals surface area contributed by atoms with Crippen molar-refractivity contribution in [1.29, 1.82) is 0 Å². The zero-order chi connectivity index (χ0) is 21.4. The monoisotopic (exact) mass is 420 g/mol. The molecule has 2 N–H and O–H groups in total. The van der Waals surface area contributed by atoms with Crippen molar-refractivity contribution in [3.05, 3.63) is 48.0 Å². The second-order valence-corrected chi connectivity index (χ2v) is 8.02. The largest absolute Gasteiger partial charge is 0.490 e. The van der Waals surface area contributed by atoms with Crippen molar-refractivity contribution in [3.8, 4) is 5.75 Å². The first-order chi connectivity index (χ1) is 13.8. The summed E-state index contributed by atoms with van der Waals surface area (Å²) in [6.07, 6.45) is 1.10. The van der Waals surface area contributed by atoms with Crippen LogP contribution in [-0.4, -0.2) is 46.3 Å². The van der Waals surface area contributed by atoms with E-state index in [1.165, 1.54) is 6.07 Å². The number of carbonyl (C=O) groups is 2. The number of hydrogen-bond acceptors (Lipinski definition) is 7. The normalized spacial score (nSPS) is 10.9. The molecule has 0 aliphatic heterocycles. The Balaban J connectivity index is 2.05. The van der Waals surface area contributed by atoms with Crippen molar-refractivity contribution in [2.24, 2.45) is 0 Å². The van der Waals surface area contributed by atoms with E-state index in [0.717, 1.165) is 6.26 Å². The quantitative estimate of drug-likeness (QED) is 0.600. The number of nitrogens with one attached hydrogen (secondary N) is 2. The molecule has 0 saturated heterocycles. The molecule has 0 spiro atoms. The van der Waals surface area contributed by atoms with Gasteiger partial charge >= 0.3 is 5.97 Å². The highest BCUT2D eigenvalue weighted by Gasteiger charge is 2.18. The molecule has 9 heteroatoms. The van der Waals surface area contributed by atoms with Crippen LogP contribution in [0.5, 0.6) is 5.75 Å². The number of rotatable bonds is 9. The van der Waals surface area contributed by atoms with Crippen LogP contribution in [0.1, 0.15) is 24.2 Å². The zero-order valence-corrected chi connectivity index (χ0v) is 17.3. The lowest BCUT2D eigenvalue weighted by Gasteiger charge is -2.15. The number of sulfone groups is 1. The number of anilines is 2. The predicted octanol–water partition coefficient (Wildman–Crippen LogP) is 2.72. The van der Waals surface area contributed by atoms with Gasteiger partial charge in [0.2, 0.25) is 5.91 Å². The van der Waals surface area contributed by atoms with E-state index in [-0.39, 0.29) is 36.3 Å². The Bertz CT molecular complexity index is 971. The van der Waals surface area contributed by atoms with Crippen molar-refractivity contribution in [1.82, 2.24) is 0 Å². The van der Waals surface area contributed by atoms with Gasteiger partial charge < -0.3 is 20.1 Å². The molecule has 29 heavy (non-hydrogen) atoms. The molecular weight excluding hydrogens is 396 g/mol. The molecular formula is C20H24N2O6S. The minimum Gasteiger partial charge on any atom is -0.490 e. The lowest BCUT2D eigenvalue weighted by molar-refractivity contribution is -0.114. The van der Waals surface area contributed by atoms with Crippen LogP contribution < -0.4 is 15.4 Å². The third kappa shape index (κ3) is 6.21. The summed E-state index contributed by atoms with van der Waals surface area (Å²) in [5.74, 6) is -0.591. The number of esters is 1. The average molecular weight is 420 g/mol. The molecule has 0 heterocycles. The maximum atomic E-state index is 12.2. The molecule has 0 unspecified atom stereocenters. The van der Waals surface area contributed by atoms with Gasteiger partial charge in [-0.1, -0.05) is 6.07 Å². The van der Waals surface area contributed by atoms with Gasteiger partial charge in [-0.3, -0.25) is 4.79 Å². The van der Waals surface area contributed by atoms with Crippen LogP contribution in [0, 0.1) is 0 Å².